The second-order valence-corrected chi connectivity index (χ2v) is 1.99. The van der Waals surface area contributed by atoms with Gasteiger partial charge in [-0.2, -0.15) is 0 Å². The Labute approximate surface area is 51.9 Å². The van der Waals surface area contributed by atoms with Crippen LogP contribution in [-0.2, 0) is 0 Å². The monoisotopic (exact) mass is 109 g/mol. The van der Waals surface area contributed by atoms with Gasteiger partial charge in [0.25, 0.3) is 0 Å². The fourth-order valence-electron chi connectivity index (χ4n) is 0.417. The van der Waals surface area contributed by atoms with Crippen LogP contribution in [0.15, 0.2) is 16.7 Å². The van der Waals surface area contributed by atoms with Crippen molar-refractivity contribution >= 4 is 13.6 Å². The van der Waals surface area contributed by atoms with Crippen molar-refractivity contribution in [3.05, 3.63) is 11.7 Å². The maximum absolute atomic E-state index is 4.17. The minimum Gasteiger partial charge on any atom is -0.264 e. The standard InChI is InChI=1S/C6H12BN/c1-5(2)8-6(3)4-7/h4H,7H2,1-3H3/b6-4-. The summed E-state index contributed by atoms with van der Waals surface area (Å²) in [5, 5.41) is 0. The quantitative estimate of drug-likeness (QED) is 0.351. The van der Waals surface area contributed by atoms with E-state index >= 15 is 0 Å². The zero-order valence-electron chi connectivity index (χ0n) is 6.02. The van der Waals surface area contributed by atoms with Crippen molar-refractivity contribution in [2.45, 2.75) is 20.8 Å². The van der Waals surface area contributed by atoms with Crippen LogP contribution in [0, 0.1) is 0 Å². The molecule has 0 aliphatic heterocycles. The van der Waals surface area contributed by atoms with E-state index in [0.717, 1.165) is 11.4 Å². The van der Waals surface area contributed by atoms with Crippen LogP contribution in [0.2, 0.25) is 0 Å². The average molecular weight is 109 g/mol. The summed E-state index contributed by atoms with van der Waals surface area (Å²) in [5.41, 5.74) is 2.20. The second kappa shape index (κ2) is 3.47. The SMILES string of the molecule is B/C=C(/C)N=C(C)C. The molecule has 0 rings (SSSR count). The summed E-state index contributed by atoms with van der Waals surface area (Å²) in [6.07, 6.45) is 0. The molecular weight excluding hydrogens is 96.9 g/mol. The summed E-state index contributed by atoms with van der Waals surface area (Å²) in [6, 6.07) is 0. The molecule has 0 N–H and O–H groups in total. The Morgan fingerprint density at radius 2 is 1.88 bits per heavy atom. The fourth-order valence-corrected chi connectivity index (χ4v) is 0.417. The van der Waals surface area contributed by atoms with Crippen LogP contribution in [0.3, 0.4) is 0 Å². The molecule has 0 atom stereocenters. The highest BCUT2D eigenvalue weighted by molar-refractivity contribution is 6.17. The number of hydrogen-bond acceptors (Lipinski definition) is 1. The zero-order valence-corrected chi connectivity index (χ0v) is 6.02. The van der Waals surface area contributed by atoms with Crippen molar-refractivity contribution < 1.29 is 0 Å². The van der Waals surface area contributed by atoms with Gasteiger partial charge in [-0.3, -0.25) is 4.99 Å². The molecule has 0 aliphatic rings. The van der Waals surface area contributed by atoms with Crippen molar-refractivity contribution in [2.75, 3.05) is 0 Å². The molecule has 0 amide bonds. The minimum atomic E-state index is 1.09. The van der Waals surface area contributed by atoms with Crippen molar-refractivity contribution in [2.24, 2.45) is 4.99 Å². The number of allylic oxidation sites excluding steroid dienone is 1. The normalized spacial score (nSPS) is 11.1. The lowest BCUT2D eigenvalue weighted by molar-refractivity contribution is 1.30. The molecule has 0 aromatic heterocycles. The number of rotatable bonds is 1. The molecule has 8 heavy (non-hydrogen) atoms. The van der Waals surface area contributed by atoms with Crippen molar-refractivity contribution in [3.8, 4) is 0 Å². The number of hydrogen-bond donors (Lipinski definition) is 0. The van der Waals surface area contributed by atoms with Crippen molar-refractivity contribution in [1.82, 2.24) is 0 Å². The zero-order chi connectivity index (χ0) is 6.57. The smallest absolute Gasteiger partial charge is 0.131 e. The molecule has 44 valence electrons. The van der Waals surface area contributed by atoms with Gasteiger partial charge in [-0.25, -0.2) is 0 Å². The maximum atomic E-state index is 4.17. The van der Waals surface area contributed by atoms with Gasteiger partial charge in [-0.1, -0.05) is 0 Å². The molecule has 0 aromatic carbocycles. The van der Waals surface area contributed by atoms with E-state index in [1.807, 2.05) is 34.6 Å². The van der Waals surface area contributed by atoms with E-state index in [0.29, 0.717) is 0 Å². The lowest BCUT2D eigenvalue weighted by Crippen LogP contribution is -1.80. The molecule has 1 nitrogen and oxygen atoms in total. The summed E-state index contributed by atoms with van der Waals surface area (Å²) in [5.74, 6) is 1.99. The molecule has 0 saturated heterocycles. The Morgan fingerprint density at radius 1 is 1.38 bits per heavy atom. The highest BCUT2D eigenvalue weighted by Gasteiger charge is 1.77. The molecule has 0 aliphatic carbocycles. The predicted molar refractivity (Wildman–Crippen MR) is 41.1 cm³/mol. The Kier molecular flexibility index (Phi) is 3.25. The van der Waals surface area contributed by atoms with Crippen molar-refractivity contribution in [1.29, 1.82) is 0 Å². The molecule has 0 radical (unpaired) electrons. The maximum Gasteiger partial charge on any atom is 0.131 e. The molecule has 0 fully saturated rings. The summed E-state index contributed by atoms with van der Waals surface area (Å²) in [4.78, 5) is 4.17. The second-order valence-electron chi connectivity index (χ2n) is 1.99. The van der Waals surface area contributed by atoms with E-state index in [4.69, 9.17) is 0 Å². The first-order valence-corrected chi connectivity index (χ1v) is 2.81. The van der Waals surface area contributed by atoms with Crippen LogP contribution < -0.4 is 0 Å². The Bertz CT molecular complexity index is 120. The molecule has 0 saturated carbocycles. The van der Waals surface area contributed by atoms with Crippen molar-refractivity contribution in [3.63, 3.8) is 0 Å². The molecule has 0 unspecified atom stereocenters. The van der Waals surface area contributed by atoms with E-state index in [2.05, 4.69) is 4.99 Å². The van der Waals surface area contributed by atoms with Gasteiger partial charge in [0.15, 0.2) is 0 Å². The van der Waals surface area contributed by atoms with Gasteiger partial charge in [0.2, 0.25) is 0 Å². The highest BCUT2D eigenvalue weighted by Crippen LogP contribution is 1.91. The van der Waals surface area contributed by atoms with E-state index in [9.17, 15) is 0 Å². The minimum absolute atomic E-state index is 1.09. The first kappa shape index (κ1) is 7.47. The Hall–Kier alpha value is -0.525. The largest absolute Gasteiger partial charge is 0.264 e. The highest BCUT2D eigenvalue weighted by atomic mass is 14.7. The van der Waals surface area contributed by atoms with Gasteiger partial charge < -0.3 is 0 Å². The van der Waals surface area contributed by atoms with E-state index in [1.54, 1.807) is 0 Å². The van der Waals surface area contributed by atoms with E-state index in [-0.39, 0.29) is 0 Å². The molecule has 0 bridgehead atoms. The lowest BCUT2D eigenvalue weighted by atomic mass is 10.1. The first-order chi connectivity index (χ1) is 3.66. The van der Waals surface area contributed by atoms with Gasteiger partial charge in [0.05, 0.1) is 0 Å². The van der Waals surface area contributed by atoms with Crippen LogP contribution in [0.5, 0.6) is 0 Å². The Morgan fingerprint density at radius 3 is 2.00 bits per heavy atom. The topological polar surface area (TPSA) is 12.4 Å². The van der Waals surface area contributed by atoms with Crippen LogP contribution in [0.4, 0.5) is 0 Å². The fraction of sp³-hybridized carbons (Fsp3) is 0.500. The Balaban J connectivity index is 3.89. The van der Waals surface area contributed by atoms with Crippen LogP contribution in [0.25, 0.3) is 0 Å². The summed E-state index contributed by atoms with van der Waals surface area (Å²) in [6.45, 7) is 5.98. The molecule has 0 spiro atoms. The predicted octanol–water partition coefficient (Wildman–Crippen LogP) is 0.962. The van der Waals surface area contributed by atoms with Gasteiger partial charge in [-0.15, -0.1) is 5.98 Å². The van der Waals surface area contributed by atoms with Crippen LogP contribution in [-0.4, -0.2) is 13.6 Å². The summed E-state index contributed by atoms with van der Waals surface area (Å²) >= 11 is 0. The van der Waals surface area contributed by atoms with Gasteiger partial charge in [-0.05, 0) is 20.8 Å². The van der Waals surface area contributed by atoms with Gasteiger partial charge in [0, 0.05) is 11.4 Å². The number of nitrogens with zero attached hydrogens (tertiary/aromatic N) is 1. The summed E-state index contributed by atoms with van der Waals surface area (Å²) < 4.78 is 0. The molecule has 2 heteroatoms. The average Bonchev–Trinajstić information content (AvgIpc) is 1.65. The lowest BCUT2D eigenvalue weighted by Gasteiger charge is -1.89. The first-order valence-electron chi connectivity index (χ1n) is 2.81. The number of aliphatic imine (C=N–C) groups is 1. The molecule has 0 heterocycles. The van der Waals surface area contributed by atoms with Gasteiger partial charge in [0.1, 0.15) is 7.85 Å². The third kappa shape index (κ3) is 3.66. The molecule has 0 aromatic rings. The van der Waals surface area contributed by atoms with E-state index in [1.165, 1.54) is 0 Å². The van der Waals surface area contributed by atoms with Crippen LogP contribution >= 0.6 is 0 Å². The molecular formula is C6H12BN. The van der Waals surface area contributed by atoms with E-state index < -0.39 is 0 Å². The summed E-state index contributed by atoms with van der Waals surface area (Å²) in [7, 11) is 1.99. The third-order valence-corrected chi connectivity index (χ3v) is 0.818. The van der Waals surface area contributed by atoms with Gasteiger partial charge >= 0.3 is 0 Å². The van der Waals surface area contributed by atoms with Crippen LogP contribution in [0.1, 0.15) is 20.8 Å². The third-order valence-electron chi connectivity index (χ3n) is 0.818.